The number of nitrogens with one attached hydrogen (secondary N) is 3. The van der Waals surface area contributed by atoms with Gasteiger partial charge in [-0.25, -0.2) is 4.39 Å². The van der Waals surface area contributed by atoms with Crippen molar-refractivity contribution < 1.29 is 18.8 Å². The third-order valence-corrected chi connectivity index (χ3v) is 3.15. The summed E-state index contributed by atoms with van der Waals surface area (Å²) >= 11 is 5.79. The Balaban J connectivity index is 1.83. The van der Waals surface area contributed by atoms with Gasteiger partial charge in [0.05, 0.1) is 5.02 Å². The Hall–Kier alpha value is -2.41. The predicted octanol–water partition coefficient (Wildman–Crippen LogP) is 0.918. The largest absolute Gasteiger partial charge is 0.345 e. The number of carbonyl (C=O) groups excluding carboxylic acids is 3. The van der Waals surface area contributed by atoms with Crippen LogP contribution in [0.5, 0.6) is 0 Å². The molecule has 1 aromatic rings. The van der Waals surface area contributed by atoms with Crippen LogP contribution in [0, 0.1) is 5.82 Å². The predicted molar refractivity (Wildman–Crippen MR) is 77.9 cm³/mol. The molecule has 0 atom stereocenters. The SMILES string of the molecule is O=C(/C=C/c1c(F)cccc1Cl)NNC(=O)C(=O)NC1CC1. The molecule has 0 bridgehead atoms. The van der Waals surface area contributed by atoms with Crippen LogP contribution in [0.2, 0.25) is 5.02 Å². The lowest BCUT2D eigenvalue weighted by atomic mass is 10.2. The maximum absolute atomic E-state index is 13.5. The highest BCUT2D eigenvalue weighted by Crippen LogP contribution is 2.20. The summed E-state index contributed by atoms with van der Waals surface area (Å²) in [4.78, 5) is 34.2. The molecule has 0 saturated heterocycles. The molecule has 3 amide bonds. The average molecular weight is 326 g/mol. The van der Waals surface area contributed by atoms with E-state index in [0.717, 1.165) is 18.9 Å². The minimum absolute atomic E-state index is 0.0389. The second-order valence-corrected chi connectivity index (χ2v) is 5.07. The van der Waals surface area contributed by atoms with Crippen LogP contribution in [-0.4, -0.2) is 23.8 Å². The molecule has 1 aliphatic rings. The second-order valence-electron chi connectivity index (χ2n) is 4.66. The summed E-state index contributed by atoms with van der Waals surface area (Å²) in [5.41, 5.74) is 4.02. The number of benzene rings is 1. The smallest absolute Gasteiger partial charge is 0.327 e. The van der Waals surface area contributed by atoms with Crippen LogP contribution in [0.3, 0.4) is 0 Å². The van der Waals surface area contributed by atoms with Gasteiger partial charge in [0.25, 0.3) is 5.91 Å². The van der Waals surface area contributed by atoms with Crippen LogP contribution in [-0.2, 0) is 14.4 Å². The van der Waals surface area contributed by atoms with Crippen LogP contribution in [0.4, 0.5) is 4.39 Å². The fraction of sp³-hybridized carbons (Fsp3) is 0.214. The first-order valence-electron chi connectivity index (χ1n) is 6.50. The molecular weight excluding hydrogens is 313 g/mol. The van der Waals surface area contributed by atoms with Crippen LogP contribution in [0.1, 0.15) is 18.4 Å². The van der Waals surface area contributed by atoms with E-state index in [0.29, 0.717) is 0 Å². The Labute approximate surface area is 130 Å². The maximum Gasteiger partial charge on any atom is 0.327 e. The van der Waals surface area contributed by atoms with Crippen molar-refractivity contribution in [3.63, 3.8) is 0 Å². The Kier molecular flexibility index (Phi) is 5.11. The zero-order valence-corrected chi connectivity index (χ0v) is 12.1. The molecule has 0 aromatic heterocycles. The topological polar surface area (TPSA) is 87.3 Å². The fourth-order valence-electron chi connectivity index (χ4n) is 1.52. The minimum Gasteiger partial charge on any atom is -0.345 e. The van der Waals surface area contributed by atoms with Crippen molar-refractivity contribution in [2.24, 2.45) is 0 Å². The molecule has 3 N–H and O–H groups in total. The molecule has 116 valence electrons. The Bertz CT molecular complexity index is 624. The van der Waals surface area contributed by atoms with E-state index in [1.807, 2.05) is 10.9 Å². The molecule has 1 fully saturated rings. The number of hydrazine groups is 1. The Morgan fingerprint density at radius 2 is 1.91 bits per heavy atom. The third-order valence-electron chi connectivity index (χ3n) is 2.82. The molecule has 6 nitrogen and oxygen atoms in total. The lowest BCUT2D eigenvalue weighted by Crippen LogP contribution is -2.48. The van der Waals surface area contributed by atoms with Gasteiger partial charge in [0.15, 0.2) is 0 Å². The van der Waals surface area contributed by atoms with Gasteiger partial charge in [0.2, 0.25) is 0 Å². The first-order chi connectivity index (χ1) is 10.5. The van der Waals surface area contributed by atoms with E-state index in [9.17, 15) is 18.8 Å². The van der Waals surface area contributed by atoms with Crippen molar-refractivity contribution in [3.05, 3.63) is 40.7 Å². The van der Waals surface area contributed by atoms with E-state index in [1.54, 1.807) is 0 Å². The summed E-state index contributed by atoms with van der Waals surface area (Å²) in [6, 6.07) is 4.16. The number of hydrogen-bond acceptors (Lipinski definition) is 3. The van der Waals surface area contributed by atoms with Crippen molar-refractivity contribution in [1.82, 2.24) is 16.2 Å². The monoisotopic (exact) mass is 325 g/mol. The summed E-state index contributed by atoms with van der Waals surface area (Å²) < 4.78 is 13.5. The molecule has 1 saturated carbocycles. The third kappa shape index (κ3) is 4.56. The summed E-state index contributed by atoms with van der Waals surface area (Å²) in [5, 5.41) is 2.61. The van der Waals surface area contributed by atoms with Crippen LogP contribution in [0.25, 0.3) is 6.08 Å². The van der Waals surface area contributed by atoms with Gasteiger partial charge in [0.1, 0.15) is 5.82 Å². The quantitative estimate of drug-likeness (QED) is 0.439. The van der Waals surface area contributed by atoms with Gasteiger partial charge in [-0.1, -0.05) is 17.7 Å². The second kappa shape index (κ2) is 7.04. The molecule has 8 heteroatoms. The van der Waals surface area contributed by atoms with E-state index in [-0.39, 0.29) is 16.6 Å². The average Bonchev–Trinajstić information content (AvgIpc) is 3.28. The summed E-state index contributed by atoms with van der Waals surface area (Å²) in [6.07, 6.45) is 3.85. The minimum atomic E-state index is -0.974. The molecule has 0 aliphatic heterocycles. The van der Waals surface area contributed by atoms with Crippen LogP contribution in [0.15, 0.2) is 24.3 Å². The van der Waals surface area contributed by atoms with E-state index >= 15 is 0 Å². The normalized spacial score (nSPS) is 13.7. The van der Waals surface area contributed by atoms with Gasteiger partial charge in [-0.2, -0.15) is 0 Å². The van der Waals surface area contributed by atoms with E-state index in [2.05, 4.69) is 5.32 Å². The van der Waals surface area contributed by atoms with Crippen molar-refractivity contribution in [2.45, 2.75) is 18.9 Å². The number of rotatable bonds is 3. The number of halogens is 2. The zero-order valence-electron chi connectivity index (χ0n) is 11.4. The lowest BCUT2D eigenvalue weighted by Gasteiger charge is -2.05. The van der Waals surface area contributed by atoms with E-state index < -0.39 is 23.5 Å². The zero-order chi connectivity index (χ0) is 16.1. The first kappa shape index (κ1) is 16.0. The van der Waals surface area contributed by atoms with Crippen molar-refractivity contribution >= 4 is 35.4 Å². The van der Waals surface area contributed by atoms with Crippen molar-refractivity contribution in [1.29, 1.82) is 0 Å². The van der Waals surface area contributed by atoms with Crippen LogP contribution < -0.4 is 16.2 Å². The summed E-state index contributed by atoms with van der Waals surface area (Å²) in [7, 11) is 0. The van der Waals surface area contributed by atoms with Crippen LogP contribution >= 0.6 is 11.6 Å². The molecule has 0 unspecified atom stereocenters. The van der Waals surface area contributed by atoms with Gasteiger partial charge in [0, 0.05) is 17.7 Å². The highest BCUT2D eigenvalue weighted by Gasteiger charge is 2.26. The molecule has 0 spiro atoms. The van der Waals surface area contributed by atoms with Gasteiger partial charge in [-0.15, -0.1) is 0 Å². The van der Waals surface area contributed by atoms with Gasteiger partial charge >= 0.3 is 11.8 Å². The van der Waals surface area contributed by atoms with Gasteiger partial charge in [-0.3, -0.25) is 25.2 Å². The highest BCUT2D eigenvalue weighted by atomic mass is 35.5. The first-order valence-corrected chi connectivity index (χ1v) is 6.88. The lowest BCUT2D eigenvalue weighted by molar-refractivity contribution is -0.140. The highest BCUT2D eigenvalue weighted by molar-refractivity contribution is 6.35. The fourth-order valence-corrected chi connectivity index (χ4v) is 1.75. The van der Waals surface area contributed by atoms with E-state index in [4.69, 9.17) is 11.6 Å². The molecule has 0 heterocycles. The molecule has 0 radical (unpaired) electrons. The Morgan fingerprint density at radius 3 is 2.55 bits per heavy atom. The number of carbonyl (C=O) groups is 3. The number of hydrogen-bond donors (Lipinski definition) is 3. The van der Waals surface area contributed by atoms with Gasteiger partial charge in [-0.05, 0) is 31.1 Å². The molecule has 22 heavy (non-hydrogen) atoms. The van der Waals surface area contributed by atoms with Crippen molar-refractivity contribution in [3.8, 4) is 0 Å². The number of amides is 3. The maximum atomic E-state index is 13.5. The summed E-state index contributed by atoms with van der Waals surface area (Å²) in [5.74, 6) is -3.10. The molecule has 1 aromatic carbocycles. The summed E-state index contributed by atoms with van der Waals surface area (Å²) in [6.45, 7) is 0. The standard InChI is InChI=1S/C14H13ClFN3O3/c15-10-2-1-3-11(16)9(10)6-7-12(20)18-19-14(22)13(21)17-8-4-5-8/h1-3,6-8H,4-5H2,(H,17,21)(H,18,20)(H,19,22)/b7-6+. The molecule has 1 aliphatic carbocycles. The molecular formula is C14H13ClFN3O3. The Morgan fingerprint density at radius 1 is 1.18 bits per heavy atom. The molecule has 2 rings (SSSR count). The van der Waals surface area contributed by atoms with Crippen molar-refractivity contribution in [2.75, 3.05) is 0 Å². The van der Waals surface area contributed by atoms with Gasteiger partial charge < -0.3 is 5.32 Å². The van der Waals surface area contributed by atoms with E-state index in [1.165, 1.54) is 24.3 Å².